The van der Waals surface area contributed by atoms with E-state index >= 15 is 0 Å². The quantitative estimate of drug-likeness (QED) is 0.859. The molecule has 0 N–H and O–H groups in total. The van der Waals surface area contributed by atoms with Crippen LogP contribution in [-0.4, -0.2) is 40.3 Å². The molecule has 0 bridgehead atoms. The Kier molecular flexibility index (Phi) is 4.34. The molecule has 4 rings (SSSR count). The molecule has 5 heteroatoms. The molecule has 0 atom stereocenters. The van der Waals surface area contributed by atoms with Crippen LogP contribution in [0.4, 0.5) is 0 Å². The molecule has 2 fully saturated rings. The summed E-state index contributed by atoms with van der Waals surface area (Å²) in [6.07, 6.45) is 4.67. The number of likely N-dealkylation sites (tertiary alicyclic amines) is 2. The second-order valence-corrected chi connectivity index (χ2v) is 7.37. The first-order valence-corrected chi connectivity index (χ1v) is 9.12. The van der Waals surface area contributed by atoms with Crippen LogP contribution in [0.5, 0.6) is 0 Å². The number of pyridine rings is 1. The fraction of sp³-hybridized carbons (Fsp3) is 0.500. The summed E-state index contributed by atoms with van der Waals surface area (Å²) >= 11 is 0. The van der Waals surface area contributed by atoms with Crippen molar-refractivity contribution in [2.24, 2.45) is 5.41 Å². The SMILES string of the molecule is Cc1ccc(CN2CCC3(CC2)CCN(Cc2ccccn2)C3=O)o1. The molecule has 2 aromatic rings. The summed E-state index contributed by atoms with van der Waals surface area (Å²) in [5.41, 5.74) is 0.822. The van der Waals surface area contributed by atoms with Crippen LogP contribution in [0, 0.1) is 12.3 Å². The van der Waals surface area contributed by atoms with E-state index in [2.05, 4.69) is 16.0 Å². The lowest BCUT2D eigenvalue weighted by Gasteiger charge is -2.37. The molecular formula is C20H25N3O2. The fourth-order valence-electron chi connectivity index (χ4n) is 4.12. The van der Waals surface area contributed by atoms with Gasteiger partial charge in [0, 0.05) is 12.7 Å². The van der Waals surface area contributed by atoms with E-state index in [0.29, 0.717) is 12.5 Å². The van der Waals surface area contributed by atoms with Gasteiger partial charge in [0.25, 0.3) is 0 Å². The molecule has 25 heavy (non-hydrogen) atoms. The van der Waals surface area contributed by atoms with Gasteiger partial charge in [-0.2, -0.15) is 0 Å². The third-order valence-electron chi connectivity index (χ3n) is 5.67. The van der Waals surface area contributed by atoms with Crippen molar-refractivity contribution in [3.63, 3.8) is 0 Å². The Hall–Kier alpha value is -2.14. The number of rotatable bonds is 4. The number of aromatic nitrogens is 1. The lowest BCUT2D eigenvalue weighted by atomic mass is 9.77. The predicted molar refractivity (Wildman–Crippen MR) is 94.7 cm³/mol. The summed E-state index contributed by atoms with van der Waals surface area (Å²) < 4.78 is 5.68. The van der Waals surface area contributed by atoms with E-state index in [1.54, 1.807) is 6.20 Å². The second kappa shape index (κ2) is 6.64. The highest BCUT2D eigenvalue weighted by Gasteiger charge is 2.47. The summed E-state index contributed by atoms with van der Waals surface area (Å²) in [4.78, 5) is 21.8. The zero-order chi connectivity index (χ0) is 17.3. The number of furan rings is 1. The van der Waals surface area contributed by atoms with Gasteiger partial charge in [-0.05, 0) is 63.5 Å². The maximum absolute atomic E-state index is 13.0. The molecule has 5 nitrogen and oxygen atoms in total. The van der Waals surface area contributed by atoms with E-state index in [1.807, 2.05) is 36.1 Å². The molecule has 0 unspecified atom stereocenters. The van der Waals surface area contributed by atoms with Gasteiger partial charge in [0.05, 0.1) is 24.2 Å². The number of carbonyl (C=O) groups is 1. The van der Waals surface area contributed by atoms with Gasteiger partial charge in [-0.15, -0.1) is 0 Å². The maximum Gasteiger partial charge on any atom is 0.229 e. The highest BCUT2D eigenvalue weighted by molar-refractivity contribution is 5.85. The molecule has 2 aromatic heterocycles. The topological polar surface area (TPSA) is 49.6 Å². The van der Waals surface area contributed by atoms with Crippen LogP contribution < -0.4 is 0 Å². The highest BCUT2D eigenvalue weighted by atomic mass is 16.3. The molecule has 2 saturated heterocycles. The van der Waals surface area contributed by atoms with Gasteiger partial charge in [0.15, 0.2) is 0 Å². The van der Waals surface area contributed by atoms with Crippen LogP contribution >= 0.6 is 0 Å². The zero-order valence-electron chi connectivity index (χ0n) is 14.8. The van der Waals surface area contributed by atoms with Crippen molar-refractivity contribution in [3.05, 3.63) is 53.7 Å². The summed E-state index contributed by atoms with van der Waals surface area (Å²) in [6, 6.07) is 9.94. The van der Waals surface area contributed by atoms with Crippen molar-refractivity contribution in [2.75, 3.05) is 19.6 Å². The third-order valence-corrected chi connectivity index (χ3v) is 5.67. The van der Waals surface area contributed by atoms with E-state index in [-0.39, 0.29) is 5.41 Å². The molecule has 1 amide bonds. The second-order valence-electron chi connectivity index (χ2n) is 7.37. The highest BCUT2D eigenvalue weighted by Crippen LogP contribution is 2.42. The summed E-state index contributed by atoms with van der Waals surface area (Å²) in [5, 5.41) is 0. The van der Waals surface area contributed by atoms with Gasteiger partial charge in [0.1, 0.15) is 11.5 Å². The average molecular weight is 339 g/mol. The number of carbonyl (C=O) groups excluding carboxylic acids is 1. The Balaban J connectivity index is 1.35. The fourth-order valence-corrected chi connectivity index (χ4v) is 4.12. The normalized spacial score (nSPS) is 20.5. The van der Waals surface area contributed by atoms with Crippen LogP contribution in [0.2, 0.25) is 0 Å². The zero-order valence-corrected chi connectivity index (χ0v) is 14.8. The summed E-state index contributed by atoms with van der Waals surface area (Å²) in [7, 11) is 0. The lowest BCUT2D eigenvalue weighted by molar-refractivity contribution is -0.139. The average Bonchev–Trinajstić information content (AvgIpc) is 3.17. The molecule has 0 radical (unpaired) electrons. The molecule has 0 saturated carbocycles. The van der Waals surface area contributed by atoms with Crippen molar-refractivity contribution in [3.8, 4) is 0 Å². The largest absolute Gasteiger partial charge is 0.465 e. The van der Waals surface area contributed by atoms with Gasteiger partial charge >= 0.3 is 0 Å². The standard InChI is InChI=1S/C20H25N3O2/c1-16-5-6-18(25-16)15-22-11-7-20(8-12-22)9-13-23(19(20)24)14-17-4-2-3-10-21-17/h2-6,10H,7-9,11-15H2,1H3. The Morgan fingerprint density at radius 3 is 2.56 bits per heavy atom. The molecule has 2 aliphatic rings. The summed E-state index contributed by atoms with van der Waals surface area (Å²) in [5.74, 6) is 2.30. The number of piperidine rings is 1. The Bertz CT molecular complexity index is 732. The van der Waals surface area contributed by atoms with Crippen molar-refractivity contribution in [1.82, 2.24) is 14.8 Å². The van der Waals surface area contributed by atoms with Crippen molar-refractivity contribution >= 4 is 5.91 Å². The molecule has 0 aromatic carbocycles. The lowest BCUT2D eigenvalue weighted by Crippen LogP contribution is -2.44. The first-order valence-electron chi connectivity index (χ1n) is 9.12. The summed E-state index contributed by atoms with van der Waals surface area (Å²) in [6.45, 7) is 6.23. The smallest absolute Gasteiger partial charge is 0.229 e. The van der Waals surface area contributed by atoms with E-state index < -0.39 is 0 Å². The van der Waals surface area contributed by atoms with Gasteiger partial charge in [0.2, 0.25) is 5.91 Å². The first-order chi connectivity index (χ1) is 12.1. The van der Waals surface area contributed by atoms with Crippen LogP contribution in [0.3, 0.4) is 0 Å². The minimum Gasteiger partial charge on any atom is -0.465 e. The third kappa shape index (κ3) is 3.33. The van der Waals surface area contributed by atoms with Gasteiger partial charge < -0.3 is 9.32 Å². The minimum atomic E-state index is -0.148. The first kappa shape index (κ1) is 16.3. The van der Waals surface area contributed by atoms with Gasteiger partial charge in [-0.25, -0.2) is 0 Å². The maximum atomic E-state index is 13.0. The Morgan fingerprint density at radius 1 is 1.08 bits per heavy atom. The van der Waals surface area contributed by atoms with Gasteiger partial charge in [-0.1, -0.05) is 6.07 Å². The molecule has 0 aliphatic carbocycles. The molecule has 132 valence electrons. The van der Waals surface area contributed by atoms with E-state index in [1.165, 1.54) is 0 Å². The van der Waals surface area contributed by atoms with E-state index in [9.17, 15) is 4.79 Å². The van der Waals surface area contributed by atoms with E-state index in [0.717, 1.165) is 62.7 Å². The number of hydrogen-bond acceptors (Lipinski definition) is 4. The molecule has 1 spiro atoms. The Morgan fingerprint density at radius 2 is 1.88 bits per heavy atom. The number of amides is 1. The predicted octanol–water partition coefficient (Wildman–Crippen LogP) is 3.00. The van der Waals surface area contributed by atoms with Crippen molar-refractivity contribution in [2.45, 2.75) is 39.3 Å². The van der Waals surface area contributed by atoms with E-state index in [4.69, 9.17) is 4.42 Å². The van der Waals surface area contributed by atoms with Crippen LogP contribution in [0.25, 0.3) is 0 Å². The van der Waals surface area contributed by atoms with Crippen molar-refractivity contribution in [1.29, 1.82) is 0 Å². The number of aryl methyl sites for hydroxylation is 1. The molecule has 2 aliphatic heterocycles. The van der Waals surface area contributed by atoms with Crippen molar-refractivity contribution < 1.29 is 9.21 Å². The van der Waals surface area contributed by atoms with Crippen LogP contribution in [0.15, 0.2) is 40.9 Å². The number of hydrogen-bond donors (Lipinski definition) is 0. The molecular weight excluding hydrogens is 314 g/mol. The minimum absolute atomic E-state index is 0.148. The van der Waals surface area contributed by atoms with Gasteiger partial charge in [-0.3, -0.25) is 14.7 Å². The monoisotopic (exact) mass is 339 g/mol. The Labute approximate surface area is 148 Å². The number of nitrogens with zero attached hydrogens (tertiary/aromatic N) is 3. The van der Waals surface area contributed by atoms with Crippen LogP contribution in [-0.2, 0) is 17.9 Å². The molecule has 4 heterocycles. The van der Waals surface area contributed by atoms with Crippen LogP contribution in [0.1, 0.15) is 36.5 Å².